The van der Waals surface area contributed by atoms with E-state index in [1.165, 1.54) is 11.1 Å². The fourth-order valence-corrected chi connectivity index (χ4v) is 1.80. The molecule has 2 aromatic heterocycles. The molecular weight excluding hydrogens is 186 g/mol. The Labute approximate surface area is 89.9 Å². The van der Waals surface area contributed by atoms with Crippen LogP contribution in [0.1, 0.15) is 24.7 Å². The van der Waals surface area contributed by atoms with E-state index < -0.39 is 0 Å². The second-order valence-corrected chi connectivity index (χ2v) is 3.75. The molecule has 0 unspecified atom stereocenters. The highest BCUT2D eigenvalue weighted by Gasteiger charge is 2.01. The van der Waals surface area contributed by atoms with E-state index in [0.29, 0.717) is 0 Å². The van der Waals surface area contributed by atoms with Crippen LogP contribution in [-0.4, -0.2) is 15.9 Å². The Morgan fingerprint density at radius 1 is 1.40 bits per heavy atom. The van der Waals surface area contributed by atoms with Crippen LogP contribution in [-0.2, 0) is 12.8 Å². The highest BCUT2D eigenvalue weighted by molar-refractivity contribution is 5.47. The van der Waals surface area contributed by atoms with E-state index in [9.17, 15) is 0 Å². The summed E-state index contributed by atoms with van der Waals surface area (Å²) in [6.07, 6.45) is 7.16. The molecule has 0 aliphatic carbocycles. The third-order valence-electron chi connectivity index (χ3n) is 2.65. The van der Waals surface area contributed by atoms with E-state index in [1.807, 2.05) is 6.20 Å². The maximum atomic E-state index is 5.51. The van der Waals surface area contributed by atoms with Crippen LogP contribution in [0.15, 0.2) is 24.5 Å². The molecule has 0 fully saturated rings. The van der Waals surface area contributed by atoms with Crippen molar-refractivity contribution in [3.8, 4) is 0 Å². The molecule has 2 N–H and O–H groups in total. The Bertz CT molecular complexity index is 445. The minimum Gasteiger partial charge on any atom is -0.330 e. The first-order chi connectivity index (χ1) is 7.35. The smallest absolute Gasteiger partial charge is 0.112 e. The molecule has 0 bridgehead atoms. The summed E-state index contributed by atoms with van der Waals surface area (Å²) >= 11 is 0. The molecule has 0 saturated carbocycles. The van der Waals surface area contributed by atoms with Gasteiger partial charge in [0.1, 0.15) is 5.82 Å². The van der Waals surface area contributed by atoms with Crippen LogP contribution >= 0.6 is 0 Å². The van der Waals surface area contributed by atoms with Crippen molar-refractivity contribution in [1.82, 2.24) is 9.38 Å². The molecule has 0 saturated heterocycles. The second kappa shape index (κ2) is 4.45. The molecule has 2 rings (SSSR count). The van der Waals surface area contributed by atoms with Crippen molar-refractivity contribution in [2.24, 2.45) is 5.73 Å². The Balaban J connectivity index is 2.35. The minimum atomic E-state index is 0.753. The van der Waals surface area contributed by atoms with E-state index >= 15 is 0 Å². The highest BCUT2D eigenvalue weighted by atomic mass is 15.0. The van der Waals surface area contributed by atoms with E-state index in [-0.39, 0.29) is 0 Å². The van der Waals surface area contributed by atoms with Gasteiger partial charge in [-0.15, -0.1) is 0 Å². The van der Waals surface area contributed by atoms with Crippen LogP contribution in [0.4, 0.5) is 0 Å². The molecule has 0 aromatic carbocycles. The van der Waals surface area contributed by atoms with Gasteiger partial charge in [-0.2, -0.15) is 0 Å². The van der Waals surface area contributed by atoms with Crippen molar-refractivity contribution in [2.45, 2.75) is 26.2 Å². The molecule has 0 amide bonds. The molecule has 15 heavy (non-hydrogen) atoms. The lowest BCUT2D eigenvalue weighted by Gasteiger charge is -2.03. The van der Waals surface area contributed by atoms with E-state index in [4.69, 9.17) is 5.73 Å². The van der Waals surface area contributed by atoms with Crippen LogP contribution in [0.5, 0.6) is 0 Å². The molecule has 3 heteroatoms. The predicted molar refractivity (Wildman–Crippen MR) is 61.9 cm³/mol. The van der Waals surface area contributed by atoms with Crippen molar-refractivity contribution >= 4 is 5.52 Å². The van der Waals surface area contributed by atoms with Crippen LogP contribution in [0.2, 0.25) is 0 Å². The minimum absolute atomic E-state index is 0.753. The lowest BCUT2D eigenvalue weighted by Crippen LogP contribution is -2.01. The number of fused-ring (bicyclic) bond motifs is 1. The summed E-state index contributed by atoms with van der Waals surface area (Å²) in [5.41, 5.74) is 8.01. The fraction of sp³-hybridized carbons (Fsp3) is 0.417. The molecule has 3 nitrogen and oxygen atoms in total. The summed E-state index contributed by atoms with van der Waals surface area (Å²) in [6.45, 7) is 2.88. The van der Waals surface area contributed by atoms with Crippen molar-refractivity contribution in [1.29, 1.82) is 0 Å². The first kappa shape index (κ1) is 10.2. The van der Waals surface area contributed by atoms with Gasteiger partial charge in [0.15, 0.2) is 0 Å². The van der Waals surface area contributed by atoms with Gasteiger partial charge in [0.05, 0.1) is 11.7 Å². The fourth-order valence-electron chi connectivity index (χ4n) is 1.80. The summed E-state index contributed by atoms with van der Waals surface area (Å²) in [6, 6.07) is 4.28. The molecule has 0 atom stereocenters. The van der Waals surface area contributed by atoms with Crippen molar-refractivity contribution in [2.75, 3.05) is 6.54 Å². The van der Waals surface area contributed by atoms with E-state index in [2.05, 4.69) is 34.6 Å². The zero-order valence-electron chi connectivity index (χ0n) is 9.11. The summed E-state index contributed by atoms with van der Waals surface area (Å²) in [5, 5.41) is 0. The van der Waals surface area contributed by atoms with Gasteiger partial charge in [-0.25, -0.2) is 4.98 Å². The number of rotatable bonds is 4. The molecule has 0 aliphatic rings. The average molecular weight is 203 g/mol. The first-order valence-corrected chi connectivity index (χ1v) is 5.50. The van der Waals surface area contributed by atoms with Gasteiger partial charge in [-0.1, -0.05) is 13.0 Å². The van der Waals surface area contributed by atoms with Crippen LogP contribution in [0.25, 0.3) is 5.52 Å². The van der Waals surface area contributed by atoms with Crippen molar-refractivity contribution < 1.29 is 0 Å². The third kappa shape index (κ3) is 2.02. The molecule has 2 heterocycles. The van der Waals surface area contributed by atoms with Gasteiger partial charge < -0.3 is 10.1 Å². The van der Waals surface area contributed by atoms with Gasteiger partial charge in [0.2, 0.25) is 0 Å². The predicted octanol–water partition coefficient (Wildman–Crippen LogP) is 1.79. The van der Waals surface area contributed by atoms with Gasteiger partial charge in [-0.3, -0.25) is 0 Å². The summed E-state index contributed by atoms with van der Waals surface area (Å²) in [5.74, 6) is 1.12. The van der Waals surface area contributed by atoms with Gasteiger partial charge in [0, 0.05) is 12.6 Å². The zero-order valence-corrected chi connectivity index (χ0v) is 9.11. The topological polar surface area (TPSA) is 43.3 Å². The summed E-state index contributed by atoms with van der Waals surface area (Å²) in [4.78, 5) is 4.37. The largest absolute Gasteiger partial charge is 0.330 e. The monoisotopic (exact) mass is 203 g/mol. The molecule has 0 radical (unpaired) electrons. The number of hydrogen-bond acceptors (Lipinski definition) is 2. The Kier molecular flexibility index (Phi) is 3.02. The van der Waals surface area contributed by atoms with E-state index in [0.717, 1.165) is 31.6 Å². The van der Waals surface area contributed by atoms with Crippen molar-refractivity contribution in [3.63, 3.8) is 0 Å². The zero-order chi connectivity index (χ0) is 10.7. The molecule has 2 aromatic rings. The Morgan fingerprint density at radius 3 is 3.00 bits per heavy atom. The molecule has 0 spiro atoms. The maximum absolute atomic E-state index is 5.51. The quantitative estimate of drug-likeness (QED) is 0.823. The van der Waals surface area contributed by atoms with Gasteiger partial charge in [-0.05, 0) is 31.0 Å². The average Bonchev–Trinajstić information content (AvgIpc) is 2.68. The molecular formula is C12H17N3. The number of aryl methyl sites for hydroxylation is 2. The second-order valence-electron chi connectivity index (χ2n) is 3.75. The summed E-state index contributed by atoms with van der Waals surface area (Å²) < 4.78 is 2.17. The number of pyridine rings is 1. The normalized spacial score (nSPS) is 11.1. The van der Waals surface area contributed by atoms with Crippen molar-refractivity contribution in [3.05, 3.63) is 35.9 Å². The summed E-state index contributed by atoms with van der Waals surface area (Å²) in [7, 11) is 0. The highest BCUT2D eigenvalue weighted by Crippen LogP contribution is 2.11. The molecule has 80 valence electrons. The van der Waals surface area contributed by atoms with Gasteiger partial charge >= 0.3 is 0 Å². The lowest BCUT2D eigenvalue weighted by molar-refractivity contribution is 0.822. The van der Waals surface area contributed by atoms with Crippen LogP contribution in [0.3, 0.4) is 0 Å². The number of nitrogens with zero attached hydrogens (tertiary/aromatic N) is 2. The first-order valence-electron chi connectivity index (χ1n) is 5.50. The van der Waals surface area contributed by atoms with Gasteiger partial charge in [0.25, 0.3) is 0 Å². The number of imidazole rings is 1. The lowest BCUT2D eigenvalue weighted by atomic mass is 10.1. The third-order valence-corrected chi connectivity index (χ3v) is 2.65. The number of aromatic nitrogens is 2. The SMILES string of the molecule is CCc1ncc2ccc(CCCN)cn12. The number of hydrogen-bond donors (Lipinski definition) is 1. The maximum Gasteiger partial charge on any atom is 0.112 e. The molecule has 0 aliphatic heterocycles. The van der Waals surface area contributed by atoms with Crippen LogP contribution < -0.4 is 5.73 Å². The standard InChI is InChI=1S/C12H17N3/c1-2-12-14-8-11-6-5-10(4-3-7-13)9-15(11)12/h5-6,8-9H,2-4,7,13H2,1H3. The number of nitrogens with two attached hydrogens (primary N) is 1. The van der Waals surface area contributed by atoms with E-state index in [1.54, 1.807) is 0 Å². The Morgan fingerprint density at radius 2 is 2.27 bits per heavy atom. The van der Waals surface area contributed by atoms with Crippen LogP contribution in [0, 0.1) is 0 Å². The Hall–Kier alpha value is -1.35.